The predicted octanol–water partition coefficient (Wildman–Crippen LogP) is 0.210. The van der Waals surface area contributed by atoms with Crippen LogP contribution in [0, 0.1) is 0 Å². The smallest absolute Gasteiger partial charge is 0.358 e. The van der Waals surface area contributed by atoms with Crippen molar-refractivity contribution in [3.8, 4) is 0 Å². The van der Waals surface area contributed by atoms with Gasteiger partial charge >= 0.3 is 5.97 Å². The van der Waals surface area contributed by atoms with E-state index in [0.29, 0.717) is 0 Å². The molecule has 5 nitrogen and oxygen atoms in total. The lowest BCUT2D eigenvalue weighted by Gasteiger charge is -2.03. The maximum atomic E-state index is 12.2. The highest BCUT2D eigenvalue weighted by molar-refractivity contribution is 5.88. The molecule has 0 fully saturated rings. The number of hydrogen-bond acceptors (Lipinski definition) is 4. The molecule has 0 aromatic carbocycles. The molecule has 1 rings (SSSR count). The number of aryl methyl sites for hydroxylation is 1. The van der Waals surface area contributed by atoms with Crippen molar-refractivity contribution in [1.29, 1.82) is 0 Å². The van der Waals surface area contributed by atoms with Gasteiger partial charge in [-0.1, -0.05) is 0 Å². The lowest BCUT2D eigenvalue weighted by atomic mass is 10.1. The normalized spacial score (nSPS) is 12.6. The summed E-state index contributed by atoms with van der Waals surface area (Å²) in [5.41, 5.74) is 0.0852. The van der Waals surface area contributed by atoms with Gasteiger partial charge in [0.05, 0.1) is 7.11 Å². The third kappa shape index (κ3) is 1.90. The molecule has 1 aromatic rings. The highest BCUT2D eigenvalue weighted by Crippen LogP contribution is 2.17. The first-order chi connectivity index (χ1) is 6.60. The summed E-state index contributed by atoms with van der Waals surface area (Å²) in [5.74, 6) is -0.687. The largest absolute Gasteiger partial charge is 0.464 e. The molecular weight excluding hydrogens is 191 g/mol. The molecule has 0 aliphatic carbocycles. The fraction of sp³-hybridized carbons (Fsp3) is 0.500. The molecule has 6 heteroatoms. The average molecular weight is 202 g/mol. The molecule has 0 radical (unpaired) electrons. The number of esters is 1. The van der Waals surface area contributed by atoms with Crippen LogP contribution >= 0.6 is 0 Å². The number of alkyl halides is 1. The van der Waals surface area contributed by atoms with Gasteiger partial charge in [0.15, 0.2) is 5.69 Å². The number of rotatable bonds is 3. The van der Waals surface area contributed by atoms with Crippen molar-refractivity contribution in [3.05, 3.63) is 17.5 Å². The topological polar surface area (TPSA) is 64.3 Å². The van der Waals surface area contributed by atoms with Crippen LogP contribution in [0.1, 0.15) is 22.2 Å². The van der Waals surface area contributed by atoms with E-state index in [-0.39, 0.29) is 11.3 Å². The molecule has 1 unspecified atom stereocenters. The molecule has 0 saturated carbocycles. The van der Waals surface area contributed by atoms with E-state index in [0.717, 1.165) is 0 Å². The summed E-state index contributed by atoms with van der Waals surface area (Å²) >= 11 is 0. The van der Waals surface area contributed by atoms with Crippen LogP contribution in [0.2, 0.25) is 0 Å². The number of ether oxygens (including phenoxy) is 1. The second kappa shape index (κ2) is 4.19. The molecule has 14 heavy (non-hydrogen) atoms. The Kier molecular flexibility index (Phi) is 3.19. The second-order valence-corrected chi connectivity index (χ2v) is 2.77. The number of hydrogen-bond donors (Lipinski definition) is 1. The fourth-order valence-corrected chi connectivity index (χ4v) is 1.09. The monoisotopic (exact) mass is 202 g/mol. The Hall–Kier alpha value is -1.43. The van der Waals surface area contributed by atoms with Crippen molar-refractivity contribution >= 4 is 5.97 Å². The number of carbonyl (C=O) groups is 1. The van der Waals surface area contributed by atoms with Crippen molar-refractivity contribution in [1.82, 2.24) is 9.78 Å². The Labute approximate surface area is 80.1 Å². The lowest BCUT2D eigenvalue weighted by Crippen LogP contribution is -2.09. The molecule has 0 aliphatic heterocycles. The van der Waals surface area contributed by atoms with E-state index in [1.807, 2.05) is 0 Å². The van der Waals surface area contributed by atoms with E-state index in [4.69, 9.17) is 0 Å². The van der Waals surface area contributed by atoms with Crippen molar-refractivity contribution in [2.24, 2.45) is 7.05 Å². The molecule has 0 saturated heterocycles. The zero-order chi connectivity index (χ0) is 10.7. The summed E-state index contributed by atoms with van der Waals surface area (Å²) in [6.07, 6.45) is 0.0500. The van der Waals surface area contributed by atoms with Gasteiger partial charge < -0.3 is 9.84 Å². The summed E-state index contributed by atoms with van der Waals surface area (Å²) in [5, 5.41) is 13.0. The van der Waals surface area contributed by atoms with Gasteiger partial charge in [-0.05, 0) is 0 Å². The number of halogens is 1. The van der Waals surface area contributed by atoms with E-state index >= 15 is 0 Å². The minimum absolute atomic E-state index is 0.0554. The first-order valence-corrected chi connectivity index (χ1v) is 3.96. The number of nitrogens with zero attached hydrogens (tertiary/aromatic N) is 2. The van der Waals surface area contributed by atoms with Crippen LogP contribution in [0.15, 0.2) is 6.20 Å². The predicted molar refractivity (Wildman–Crippen MR) is 45.5 cm³/mol. The quantitative estimate of drug-likeness (QED) is 0.711. The van der Waals surface area contributed by atoms with Gasteiger partial charge in [-0.25, -0.2) is 9.18 Å². The summed E-state index contributed by atoms with van der Waals surface area (Å²) in [6, 6.07) is 0. The van der Waals surface area contributed by atoms with Crippen molar-refractivity contribution in [3.63, 3.8) is 0 Å². The lowest BCUT2D eigenvalue weighted by molar-refractivity contribution is 0.0583. The van der Waals surface area contributed by atoms with Crippen molar-refractivity contribution in [2.45, 2.75) is 6.10 Å². The first-order valence-electron chi connectivity index (χ1n) is 3.96. The molecule has 78 valence electrons. The average Bonchev–Trinajstić information content (AvgIpc) is 2.58. The van der Waals surface area contributed by atoms with Crippen LogP contribution in [0.3, 0.4) is 0 Å². The standard InChI is InChI=1S/C8H11FN2O3/c1-11-4-5(6(12)3-9)7(10-11)8(13)14-2/h4,6,12H,3H2,1-2H3. The van der Waals surface area contributed by atoms with E-state index in [2.05, 4.69) is 9.84 Å². The molecule has 0 amide bonds. The van der Waals surface area contributed by atoms with Crippen molar-refractivity contribution in [2.75, 3.05) is 13.8 Å². The SMILES string of the molecule is COC(=O)c1nn(C)cc1C(O)CF. The van der Waals surface area contributed by atoms with Crippen molar-refractivity contribution < 1.29 is 19.0 Å². The first kappa shape index (κ1) is 10.6. The van der Waals surface area contributed by atoms with Gasteiger partial charge in [0.2, 0.25) is 0 Å². The minimum Gasteiger partial charge on any atom is -0.464 e. The number of aliphatic hydroxyl groups is 1. The van der Waals surface area contributed by atoms with Crippen LogP contribution in [0.5, 0.6) is 0 Å². The Morgan fingerprint density at radius 3 is 3.00 bits per heavy atom. The Morgan fingerprint density at radius 1 is 1.86 bits per heavy atom. The van der Waals surface area contributed by atoms with Gasteiger partial charge in [0.1, 0.15) is 12.8 Å². The second-order valence-electron chi connectivity index (χ2n) is 2.77. The molecule has 1 atom stereocenters. The number of methoxy groups -OCH3 is 1. The molecule has 1 aromatic heterocycles. The van der Waals surface area contributed by atoms with Gasteiger partial charge in [-0.3, -0.25) is 4.68 Å². The van der Waals surface area contributed by atoms with E-state index < -0.39 is 18.7 Å². The van der Waals surface area contributed by atoms with E-state index in [1.54, 1.807) is 7.05 Å². The molecule has 1 N–H and O–H groups in total. The maximum absolute atomic E-state index is 12.2. The maximum Gasteiger partial charge on any atom is 0.358 e. The van der Waals surface area contributed by atoms with E-state index in [9.17, 15) is 14.3 Å². The van der Waals surface area contributed by atoms with E-state index in [1.165, 1.54) is 18.0 Å². The Bertz CT molecular complexity index is 337. The highest BCUT2D eigenvalue weighted by atomic mass is 19.1. The molecule has 0 spiro atoms. The Morgan fingerprint density at radius 2 is 2.50 bits per heavy atom. The zero-order valence-corrected chi connectivity index (χ0v) is 7.90. The Balaban J connectivity index is 3.08. The van der Waals surface area contributed by atoms with Crippen LogP contribution in [0.4, 0.5) is 4.39 Å². The number of aromatic nitrogens is 2. The number of carbonyl (C=O) groups excluding carboxylic acids is 1. The van der Waals surface area contributed by atoms with Crippen LogP contribution in [-0.4, -0.2) is 34.6 Å². The molecule has 0 bridgehead atoms. The van der Waals surface area contributed by atoms with Crippen LogP contribution in [0.25, 0.3) is 0 Å². The summed E-state index contributed by atoms with van der Waals surface area (Å²) < 4.78 is 17.9. The zero-order valence-electron chi connectivity index (χ0n) is 7.90. The highest BCUT2D eigenvalue weighted by Gasteiger charge is 2.21. The van der Waals surface area contributed by atoms with Crippen LogP contribution < -0.4 is 0 Å². The van der Waals surface area contributed by atoms with Gasteiger partial charge in [0.25, 0.3) is 0 Å². The number of aliphatic hydroxyl groups excluding tert-OH is 1. The third-order valence-corrected chi connectivity index (χ3v) is 1.74. The molecule has 1 heterocycles. The fourth-order valence-electron chi connectivity index (χ4n) is 1.09. The molecular formula is C8H11FN2O3. The minimum atomic E-state index is -1.34. The van der Waals surface area contributed by atoms with Gasteiger partial charge in [-0.15, -0.1) is 0 Å². The third-order valence-electron chi connectivity index (χ3n) is 1.74. The van der Waals surface area contributed by atoms with Crippen LogP contribution in [-0.2, 0) is 11.8 Å². The van der Waals surface area contributed by atoms with Gasteiger partial charge in [0, 0.05) is 18.8 Å². The summed E-state index contributed by atoms with van der Waals surface area (Å²) in [6.45, 7) is -0.963. The summed E-state index contributed by atoms with van der Waals surface area (Å²) in [4.78, 5) is 11.1. The van der Waals surface area contributed by atoms with Gasteiger partial charge in [-0.2, -0.15) is 5.10 Å². The molecule has 0 aliphatic rings. The summed E-state index contributed by atoms with van der Waals surface area (Å²) in [7, 11) is 2.77.